The highest BCUT2D eigenvalue weighted by Crippen LogP contribution is 2.19. The molecule has 0 fully saturated rings. The Morgan fingerprint density at radius 3 is 2.81 bits per heavy atom. The maximum absolute atomic E-state index is 11.5. The number of phenolic OH excluding ortho intramolecular Hbond substituents is 1. The number of hydrazone groups is 1. The zero-order valence-electron chi connectivity index (χ0n) is 9.27. The van der Waals surface area contributed by atoms with Gasteiger partial charge in [0.1, 0.15) is 5.75 Å². The Balaban J connectivity index is 2.74. The summed E-state index contributed by atoms with van der Waals surface area (Å²) in [6, 6.07) is 4.31. The van der Waals surface area contributed by atoms with E-state index >= 15 is 0 Å². The van der Waals surface area contributed by atoms with Crippen LogP contribution < -0.4 is 11.2 Å². The van der Waals surface area contributed by atoms with E-state index in [0.717, 1.165) is 0 Å². The van der Waals surface area contributed by atoms with Crippen molar-refractivity contribution in [1.29, 1.82) is 0 Å². The second-order valence-electron chi connectivity index (χ2n) is 3.74. The molecule has 0 saturated carbocycles. The van der Waals surface area contributed by atoms with Crippen LogP contribution in [0.3, 0.4) is 0 Å². The van der Waals surface area contributed by atoms with Crippen molar-refractivity contribution in [2.45, 2.75) is 13.8 Å². The molecule has 16 heavy (non-hydrogen) atoms. The number of hydrogen-bond acceptors (Lipinski definition) is 4. The van der Waals surface area contributed by atoms with E-state index < -0.39 is 5.91 Å². The Labute approximate surface area is 94.0 Å². The molecule has 0 aliphatic rings. The lowest BCUT2D eigenvalue weighted by Gasteiger charge is -2.03. The average molecular weight is 221 g/mol. The van der Waals surface area contributed by atoms with Crippen molar-refractivity contribution in [3.8, 4) is 5.75 Å². The maximum Gasteiger partial charge on any atom is 0.275 e. The monoisotopic (exact) mass is 221 g/mol. The number of rotatable bonds is 3. The first-order valence-corrected chi connectivity index (χ1v) is 4.92. The van der Waals surface area contributed by atoms with Crippen molar-refractivity contribution in [3.05, 3.63) is 23.8 Å². The molecule has 0 spiro atoms. The molecule has 5 heteroatoms. The fourth-order valence-corrected chi connectivity index (χ4v) is 1.05. The number of anilines is 1. The lowest BCUT2D eigenvalue weighted by Crippen LogP contribution is -2.18. The van der Waals surface area contributed by atoms with Gasteiger partial charge in [-0.25, -0.2) is 5.43 Å². The molecule has 0 unspecified atom stereocenters. The number of nitrogens with zero attached hydrogens (tertiary/aromatic N) is 1. The number of aromatic hydroxyl groups is 1. The minimum Gasteiger partial charge on any atom is -0.507 e. The molecule has 86 valence electrons. The number of amides is 1. The third-order valence-electron chi connectivity index (χ3n) is 1.81. The Bertz CT molecular complexity index is 414. The van der Waals surface area contributed by atoms with Crippen molar-refractivity contribution < 1.29 is 9.90 Å². The van der Waals surface area contributed by atoms with E-state index in [0.29, 0.717) is 5.69 Å². The van der Waals surface area contributed by atoms with Gasteiger partial charge in [-0.1, -0.05) is 13.8 Å². The second kappa shape index (κ2) is 5.16. The first kappa shape index (κ1) is 12.0. The summed E-state index contributed by atoms with van der Waals surface area (Å²) in [5.41, 5.74) is 8.32. The topological polar surface area (TPSA) is 87.7 Å². The average Bonchev–Trinajstić information content (AvgIpc) is 2.16. The van der Waals surface area contributed by atoms with Crippen molar-refractivity contribution in [3.63, 3.8) is 0 Å². The Morgan fingerprint density at radius 2 is 2.25 bits per heavy atom. The number of nitrogens with two attached hydrogens (primary N) is 1. The number of phenols is 1. The standard InChI is InChI=1S/C11H15N3O2/c1-7(2)6-13-14-11(16)9-4-3-8(12)5-10(9)15/h3-7,15H,12H2,1-2H3,(H,14,16)/b13-6-. The number of nitrogens with one attached hydrogen (secondary N) is 1. The van der Waals surface area contributed by atoms with Crippen LogP contribution in [-0.4, -0.2) is 17.2 Å². The first-order chi connectivity index (χ1) is 7.50. The van der Waals surface area contributed by atoms with Gasteiger partial charge in [-0.15, -0.1) is 0 Å². The minimum absolute atomic E-state index is 0.148. The molecule has 1 aromatic rings. The highest BCUT2D eigenvalue weighted by Gasteiger charge is 2.09. The molecule has 5 nitrogen and oxygen atoms in total. The van der Waals surface area contributed by atoms with E-state index in [1.54, 1.807) is 12.3 Å². The van der Waals surface area contributed by atoms with Crippen molar-refractivity contribution >= 4 is 17.8 Å². The Hall–Kier alpha value is -2.04. The maximum atomic E-state index is 11.5. The highest BCUT2D eigenvalue weighted by atomic mass is 16.3. The molecule has 1 amide bonds. The fourth-order valence-electron chi connectivity index (χ4n) is 1.05. The lowest BCUT2D eigenvalue weighted by molar-refractivity contribution is 0.0952. The SMILES string of the molecule is CC(C)/C=N\NC(=O)c1ccc(N)cc1O. The van der Waals surface area contributed by atoms with Crippen LogP contribution in [0.4, 0.5) is 5.69 Å². The van der Waals surface area contributed by atoms with Gasteiger partial charge in [0.25, 0.3) is 5.91 Å². The highest BCUT2D eigenvalue weighted by molar-refractivity contribution is 5.97. The van der Waals surface area contributed by atoms with Crippen molar-refractivity contribution in [1.82, 2.24) is 5.43 Å². The minimum atomic E-state index is -0.464. The molecular formula is C11H15N3O2. The van der Waals surface area contributed by atoms with E-state index in [2.05, 4.69) is 10.5 Å². The van der Waals surface area contributed by atoms with Crippen LogP contribution in [0.25, 0.3) is 0 Å². The summed E-state index contributed by atoms with van der Waals surface area (Å²) in [4.78, 5) is 11.5. The summed E-state index contributed by atoms with van der Waals surface area (Å²) in [6.45, 7) is 3.88. The van der Waals surface area contributed by atoms with E-state index in [1.165, 1.54) is 12.1 Å². The van der Waals surface area contributed by atoms with Crippen LogP contribution in [0.2, 0.25) is 0 Å². The van der Waals surface area contributed by atoms with Crippen LogP contribution in [0, 0.1) is 5.92 Å². The van der Waals surface area contributed by atoms with Crippen molar-refractivity contribution in [2.75, 3.05) is 5.73 Å². The molecule has 0 radical (unpaired) electrons. The van der Waals surface area contributed by atoms with Gasteiger partial charge in [-0.3, -0.25) is 4.79 Å². The van der Waals surface area contributed by atoms with Gasteiger partial charge in [0.2, 0.25) is 0 Å². The van der Waals surface area contributed by atoms with Crippen LogP contribution in [0.1, 0.15) is 24.2 Å². The van der Waals surface area contributed by atoms with E-state index in [1.807, 2.05) is 13.8 Å². The molecule has 0 bridgehead atoms. The fraction of sp³-hybridized carbons (Fsp3) is 0.273. The van der Waals surface area contributed by atoms with Crippen LogP contribution in [0.5, 0.6) is 5.75 Å². The van der Waals surface area contributed by atoms with Gasteiger partial charge in [-0.05, 0) is 18.1 Å². The summed E-state index contributed by atoms with van der Waals surface area (Å²) < 4.78 is 0. The van der Waals surface area contributed by atoms with Gasteiger partial charge in [0.05, 0.1) is 5.56 Å². The van der Waals surface area contributed by atoms with Gasteiger partial charge in [0.15, 0.2) is 0 Å². The molecule has 1 rings (SSSR count). The summed E-state index contributed by atoms with van der Waals surface area (Å²) in [6.07, 6.45) is 1.60. The molecule has 0 heterocycles. The molecular weight excluding hydrogens is 206 g/mol. The van der Waals surface area contributed by atoms with Gasteiger partial charge < -0.3 is 10.8 Å². The third kappa shape index (κ3) is 3.27. The number of benzene rings is 1. The predicted octanol–water partition coefficient (Wildman–Crippen LogP) is 1.35. The molecule has 0 atom stereocenters. The largest absolute Gasteiger partial charge is 0.507 e. The van der Waals surface area contributed by atoms with E-state index in [-0.39, 0.29) is 17.2 Å². The van der Waals surface area contributed by atoms with Crippen molar-refractivity contribution in [2.24, 2.45) is 11.0 Å². The normalized spacial score (nSPS) is 10.9. The number of carbonyl (C=O) groups is 1. The summed E-state index contributed by atoms with van der Waals surface area (Å²) in [7, 11) is 0. The van der Waals surface area contributed by atoms with Crippen LogP contribution in [-0.2, 0) is 0 Å². The van der Waals surface area contributed by atoms with Gasteiger partial charge in [-0.2, -0.15) is 5.10 Å². The van der Waals surface area contributed by atoms with E-state index in [4.69, 9.17) is 5.73 Å². The van der Waals surface area contributed by atoms with Crippen LogP contribution >= 0.6 is 0 Å². The quantitative estimate of drug-likeness (QED) is 0.409. The zero-order chi connectivity index (χ0) is 12.1. The molecule has 1 aromatic carbocycles. The molecule has 0 saturated heterocycles. The second-order valence-corrected chi connectivity index (χ2v) is 3.74. The summed E-state index contributed by atoms with van der Waals surface area (Å²) >= 11 is 0. The number of nitrogen functional groups attached to an aromatic ring is 1. The first-order valence-electron chi connectivity index (χ1n) is 4.92. The number of carbonyl (C=O) groups excluding carboxylic acids is 1. The molecule has 0 aliphatic heterocycles. The molecule has 4 N–H and O–H groups in total. The lowest BCUT2D eigenvalue weighted by atomic mass is 10.2. The molecule has 0 aliphatic carbocycles. The van der Waals surface area contributed by atoms with Gasteiger partial charge in [0, 0.05) is 18.0 Å². The zero-order valence-corrected chi connectivity index (χ0v) is 9.27. The third-order valence-corrected chi connectivity index (χ3v) is 1.81. The summed E-state index contributed by atoms with van der Waals surface area (Å²) in [5.74, 6) is -0.369. The smallest absolute Gasteiger partial charge is 0.275 e. The van der Waals surface area contributed by atoms with Gasteiger partial charge >= 0.3 is 0 Å². The number of hydrogen-bond donors (Lipinski definition) is 3. The van der Waals surface area contributed by atoms with Crippen LogP contribution in [0.15, 0.2) is 23.3 Å². The Kier molecular flexibility index (Phi) is 3.88. The Morgan fingerprint density at radius 1 is 1.56 bits per heavy atom. The predicted molar refractivity (Wildman–Crippen MR) is 63.3 cm³/mol. The summed E-state index contributed by atoms with van der Waals surface area (Å²) in [5, 5.41) is 13.2. The molecule has 0 aromatic heterocycles. The van der Waals surface area contributed by atoms with E-state index in [9.17, 15) is 9.90 Å².